The van der Waals surface area contributed by atoms with Gasteiger partial charge in [-0.2, -0.15) is 0 Å². The predicted molar refractivity (Wildman–Crippen MR) is 81.3 cm³/mol. The van der Waals surface area contributed by atoms with Gasteiger partial charge in [-0.3, -0.25) is 9.59 Å². The van der Waals surface area contributed by atoms with Gasteiger partial charge in [-0.1, -0.05) is 0 Å². The Morgan fingerprint density at radius 2 is 2.14 bits per heavy atom. The Balaban J connectivity index is 0.00000220. The Kier molecular flexibility index (Phi) is 6.11. The maximum absolute atomic E-state index is 13.9. The zero-order chi connectivity index (χ0) is 14.7. The fourth-order valence-corrected chi connectivity index (χ4v) is 2.27. The smallest absolute Gasteiger partial charge is 0.257 e. The van der Waals surface area contributed by atoms with Gasteiger partial charge in [0.15, 0.2) is 0 Å². The van der Waals surface area contributed by atoms with Crippen molar-refractivity contribution in [3.05, 3.63) is 29.6 Å². The van der Waals surface area contributed by atoms with Crippen molar-refractivity contribution in [1.29, 1.82) is 0 Å². The van der Waals surface area contributed by atoms with Crippen LogP contribution in [0.2, 0.25) is 0 Å². The van der Waals surface area contributed by atoms with Gasteiger partial charge in [0.05, 0.1) is 5.56 Å². The van der Waals surface area contributed by atoms with Crippen molar-refractivity contribution in [3.63, 3.8) is 0 Å². The van der Waals surface area contributed by atoms with Gasteiger partial charge in [-0.05, 0) is 25.1 Å². The average molecular weight is 316 g/mol. The van der Waals surface area contributed by atoms with E-state index in [1.54, 1.807) is 4.90 Å². The monoisotopic (exact) mass is 315 g/mol. The highest BCUT2D eigenvalue weighted by molar-refractivity contribution is 5.97. The first-order valence-electron chi connectivity index (χ1n) is 6.58. The van der Waals surface area contributed by atoms with Crippen LogP contribution in [0, 0.1) is 5.82 Å². The van der Waals surface area contributed by atoms with E-state index in [1.807, 2.05) is 6.92 Å². The molecule has 0 aromatic heterocycles. The number of rotatable bonds is 2. The summed E-state index contributed by atoms with van der Waals surface area (Å²) in [6.45, 7) is 5.22. The van der Waals surface area contributed by atoms with Gasteiger partial charge >= 0.3 is 0 Å². The number of hydrogen-bond acceptors (Lipinski definition) is 3. The van der Waals surface area contributed by atoms with Crippen molar-refractivity contribution in [2.45, 2.75) is 19.9 Å². The zero-order valence-corrected chi connectivity index (χ0v) is 12.8. The number of benzene rings is 1. The standard InChI is InChI=1S/C14H18FN3O2.ClH/c1-9-8-16-5-6-18(9)14(20)12-7-11(17-10(2)19)3-4-13(12)15;/h3-4,7,9,16H,5-6,8H2,1-2H3,(H,17,19);1H/t9-;/m0./s1. The maximum Gasteiger partial charge on any atom is 0.257 e. The van der Waals surface area contributed by atoms with Crippen LogP contribution in [-0.4, -0.2) is 42.4 Å². The molecular formula is C14H19ClFN3O2. The molecule has 21 heavy (non-hydrogen) atoms. The summed E-state index contributed by atoms with van der Waals surface area (Å²) in [7, 11) is 0. The number of nitrogens with one attached hydrogen (secondary N) is 2. The van der Waals surface area contributed by atoms with Crippen LogP contribution in [0.5, 0.6) is 0 Å². The molecule has 7 heteroatoms. The molecular weight excluding hydrogens is 297 g/mol. The lowest BCUT2D eigenvalue weighted by molar-refractivity contribution is -0.114. The molecule has 1 aliphatic heterocycles. The van der Waals surface area contributed by atoms with Gasteiger partial charge in [0.1, 0.15) is 5.82 Å². The highest BCUT2D eigenvalue weighted by atomic mass is 35.5. The number of carbonyl (C=O) groups excluding carboxylic acids is 2. The van der Waals surface area contributed by atoms with Gasteiger partial charge in [0, 0.05) is 38.3 Å². The van der Waals surface area contributed by atoms with E-state index in [4.69, 9.17) is 0 Å². The molecule has 0 aliphatic carbocycles. The number of halogens is 2. The van der Waals surface area contributed by atoms with Crippen molar-refractivity contribution in [2.75, 3.05) is 25.0 Å². The van der Waals surface area contributed by atoms with Crippen LogP contribution in [0.1, 0.15) is 24.2 Å². The SMILES string of the molecule is CC(=O)Nc1ccc(F)c(C(=O)N2CCNC[C@@H]2C)c1.Cl. The molecule has 5 nitrogen and oxygen atoms in total. The molecule has 2 amide bonds. The average Bonchev–Trinajstić information content (AvgIpc) is 2.40. The van der Waals surface area contributed by atoms with E-state index in [9.17, 15) is 14.0 Å². The summed E-state index contributed by atoms with van der Waals surface area (Å²) >= 11 is 0. The van der Waals surface area contributed by atoms with E-state index in [1.165, 1.54) is 25.1 Å². The molecule has 1 fully saturated rings. The molecule has 0 bridgehead atoms. The number of piperazine rings is 1. The Morgan fingerprint density at radius 1 is 1.43 bits per heavy atom. The number of amides is 2. The number of carbonyl (C=O) groups is 2. The van der Waals surface area contributed by atoms with E-state index in [0.29, 0.717) is 25.3 Å². The van der Waals surface area contributed by atoms with Crippen LogP contribution >= 0.6 is 12.4 Å². The molecule has 1 heterocycles. The van der Waals surface area contributed by atoms with Crippen molar-refractivity contribution < 1.29 is 14.0 Å². The zero-order valence-electron chi connectivity index (χ0n) is 12.0. The minimum Gasteiger partial charge on any atom is -0.333 e. The lowest BCUT2D eigenvalue weighted by Gasteiger charge is -2.34. The largest absolute Gasteiger partial charge is 0.333 e. The summed E-state index contributed by atoms with van der Waals surface area (Å²) in [4.78, 5) is 25.1. The van der Waals surface area contributed by atoms with E-state index in [-0.39, 0.29) is 35.8 Å². The summed E-state index contributed by atoms with van der Waals surface area (Å²) in [5, 5.41) is 5.73. The lowest BCUT2D eigenvalue weighted by atomic mass is 10.1. The van der Waals surface area contributed by atoms with Gasteiger partial charge in [-0.25, -0.2) is 4.39 Å². The third kappa shape index (κ3) is 4.15. The van der Waals surface area contributed by atoms with Crippen LogP contribution < -0.4 is 10.6 Å². The normalized spacial score (nSPS) is 17.9. The van der Waals surface area contributed by atoms with Crippen molar-refractivity contribution in [1.82, 2.24) is 10.2 Å². The van der Waals surface area contributed by atoms with Crippen molar-refractivity contribution >= 4 is 29.9 Å². The summed E-state index contributed by atoms with van der Waals surface area (Å²) in [5.41, 5.74) is 0.412. The Labute approximate surface area is 129 Å². The van der Waals surface area contributed by atoms with E-state index in [0.717, 1.165) is 0 Å². The molecule has 1 atom stereocenters. The minimum absolute atomic E-state index is 0. The molecule has 1 saturated heterocycles. The predicted octanol–water partition coefficient (Wildman–Crippen LogP) is 1.64. The molecule has 1 aliphatic rings. The molecule has 0 saturated carbocycles. The molecule has 2 rings (SSSR count). The Morgan fingerprint density at radius 3 is 2.76 bits per heavy atom. The van der Waals surface area contributed by atoms with Crippen LogP contribution in [0.15, 0.2) is 18.2 Å². The number of hydrogen-bond donors (Lipinski definition) is 2. The molecule has 0 radical (unpaired) electrons. The quantitative estimate of drug-likeness (QED) is 0.872. The van der Waals surface area contributed by atoms with Crippen LogP contribution in [0.3, 0.4) is 0 Å². The summed E-state index contributed by atoms with van der Waals surface area (Å²) in [6.07, 6.45) is 0. The first kappa shape index (κ1) is 17.4. The molecule has 1 aromatic carbocycles. The van der Waals surface area contributed by atoms with Crippen molar-refractivity contribution in [2.24, 2.45) is 0 Å². The first-order valence-corrected chi connectivity index (χ1v) is 6.58. The fraction of sp³-hybridized carbons (Fsp3) is 0.429. The Bertz CT molecular complexity index is 539. The highest BCUT2D eigenvalue weighted by Gasteiger charge is 2.26. The van der Waals surface area contributed by atoms with Crippen molar-refractivity contribution in [3.8, 4) is 0 Å². The van der Waals surface area contributed by atoms with Gasteiger partial charge in [0.2, 0.25) is 5.91 Å². The summed E-state index contributed by atoms with van der Waals surface area (Å²) < 4.78 is 13.9. The number of anilines is 1. The second kappa shape index (κ2) is 7.38. The van der Waals surface area contributed by atoms with E-state index in [2.05, 4.69) is 10.6 Å². The lowest BCUT2D eigenvalue weighted by Crippen LogP contribution is -2.52. The minimum atomic E-state index is -0.574. The second-order valence-electron chi connectivity index (χ2n) is 4.93. The fourth-order valence-electron chi connectivity index (χ4n) is 2.27. The molecule has 2 N–H and O–H groups in total. The second-order valence-corrected chi connectivity index (χ2v) is 4.93. The summed E-state index contributed by atoms with van der Waals surface area (Å²) in [5.74, 6) is -1.18. The summed E-state index contributed by atoms with van der Waals surface area (Å²) in [6, 6.07) is 4.04. The topological polar surface area (TPSA) is 61.4 Å². The van der Waals surface area contributed by atoms with E-state index < -0.39 is 5.82 Å². The van der Waals surface area contributed by atoms with Gasteiger partial charge in [0.25, 0.3) is 5.91 Å². The van der Waals surface area contributed by atoms with E-state index >= 15 is 0 Å². The maximum atomic E-state index is 13.9. The van der Waals surface area contributed by atoms with Crippen LogP contribution in [0.25, 0.3) is 0 Å². The number of nitrogens with zero attached hydrogens (tertiary/aromatic N) is 1. The van der Waals surface area contributed by atoms with Gasteiger partial charge in [-0.15, -0.1) is 12.4 Å². The highest BCUT2D eigenvalue weighted by Crippen LogP contribution is 2.18. The Hall–Kier alpha value is -1.66. The third-order valence-corrected chi connectivity index (χ3v) is 3.28. The molecule has 1 aromatic rings. The molecule has 0 spiro atoms. The molecule has 0 unspecified atom stereocenters. The molecule has 116 valence electrons. The third-order valence-electron chi connectivity index (χ3n) is 3.28. The van der Waals surface area contributed by atoms with Crippen LogP contribution in [0.4, 0.5) is 10.1 Å². The van der Waals surface area contributed by atoms with Crippen LogP contribution in [-0.2, 0) is 4.79 Å². The van der Waals surface area contributed by atoms with Gasteiger partial charge < -0.3 is 15.5 Å². The first-order chi connectivity index (χ1) is 9.49.